The van der Waals surface area contributed by atoms with Gasteiger partial charge < -0.3 is 25.7 Å². The van der Waals surface area contributed by atoms with E-state index < -0.39 is 0 Å². The summed E-state index contributed by atoms with van der Waals surface area (Å²) >= 11 is 1.78. The summed E-state index contributed by atoms with van der Waals surface area (Å²) in [7, 11) is 0. The van der Waals surface area contributed by atoms with Crippen LogP contribution in [-0.4, -0.2) is 41.3 Å². The number of rotatable bonds is 13. The molecule has 0 saturated heterocycles. The van der Waals surface area contributed by atoms with Gasteiger partial charge in [0.05, 0.1) is 23.9 Å². The van der Waals surface area contributed by atoms with Gasteiger partial charge in [0.15, 0.2) is 5.84 Å². The minimum atomic E-state index is 0.0864. The monoisotopic (exact) mass is 510 g/mol. The molecule has 1 heterocycles. The first-order valence-corrected chi connectivity index (χ1v) is 13.2. The van der Waals surface area contributed by atoms with Gasteiger partial charge in [-0.15, -0.1) is 11.3 Å². The highest BCUT2D eigenvalue weighted by atomic mass is 32.1. The van der Waals surface area contributed by atoms with E-state index in [-0.39, 0.29) is 11.4 Å². The standard InChI is InChI=1S/C28H38N4O3S/c1-20-31-26(25(36-20)16-17-30-28(2,3)4)21-8-12-23(13-9-21)34-18-6-5-7-19-35-24-14-10-22(11-15-24)27(29)32-33/h8-15,30,33H,5-7,16-19H2,1-4H3,(H2,29,32). The molecular weight excluding hydrogens is 472 g/mol. The highest BCUT2D eigenvalue weighted by Crippen LogP contribution is 2.30. The normalized spacial score (nSPS) is 12.1. The second kappa shape index (κ2) is 13.3. The fourth-order valence-electron chi connectivity index (χ4n) is 3.66. The lowest BCUT2D eigenvalue weighted by Gasteiger charge is -2.20. The molecule has 0 aliphatic rings. The molecule has 0 fully saturated rings. The van der Waals surface area contributed by atoms with E-state index in [9.17, 15) is 0 Å². The molecule has 194 valence electrons. The van der Waals surface area contributed by atoms with Crippen molar-refractivity contribution in [2.45, 2.75) is 58.9 Å². The SMILES string of the molecule is Cc1nc(-c2ccc(OCCCCCOc3ccc(C(N)=NO)cc3)cc2)c(CCNC(C)(C)C)s1. The van der Waals surface area contributed by atoms with Crippen LogP contribution in [0.4, 0.5) is 0 Å². The molecule has 8 heteroatoms. The van der Waals surface area contributed by atoms with Crippen molar-refractivity contribution in [3.05, 3.63) is 64.0 Å². The number of aryl methyl sites for hydroxylation is 1. The molecule has 4 N–H and O–H groups in total. The molecule has 0 amide bonds. The Labute approximate surface area is 218 Å². The lowest BCUT2D eigenvalue weighted by Crippen LogP contribution is -2.37. The van der Waals surface area contributed by atoms with Crippen molar-refractivity contribution in [1.29, 1.82) is 0 Å². The van der Waals surface area contributed by atoms with Gasteiger partial charge in [0, 0.05) is 28.1 Å². The van der Waals surface area contributed by atoms with E-state index in [0.29, 0.717) is 18.8 Å². The smallest absolute Gasteiger partial charge is 0.170 e. The van der Waals surface area contributed by atoms with Crippen LogP contribution in [0.25, 0.3) is 11.3 Å². The minimum absolute atomic E-state index is 0.0864. The lowest BCUT2D eigenvalue weighted by atomic mass is 10.1. The van der Waals surface area contributed by atoms with Gasteiger partial charge in [-0.2, -0.15) is 0 Å². The van der Waals surface area contributed by atoms with Crippen molar-refractivity contribution >= 4 is 17.2 Å². The van der Waals surface area contributed by atoms with Crippen LogP contribution in [-0.2, 0) is 6.42 Å². The van der Waals surface area contributed by atoms with Crippen molar-refractivity contribution in [3.63, 3.8) is 0 Å². The number of nitrogens with one attached hydrogen (secondary N) is 1. The third kappa shape index (κ3) is 8.84. The summed E-state index contributed by atoms with van der Waals surface area (Å²) in [5.74, 6) is 1.73. The number of hydrogen-bond acceptors (Lipinski definition) is 7. The van der Waals surface area contributed by atoms with Crippen molar-refractivity contribution < 1.29 is 14.7 Å². The van der Waals surface area contributed by atoms with Gasteiger partial charge in [-0.3, -0.25) is 0 Å². The molecule has 0 aliphatic carbocycles. The van der Waals surface area contributed by atoms with E-state index >= 15 is 0 Å². The average Bonchev–Trinajstić information content (AvgIpc) is 3.23. The molecule has 7 nitrogen and oxygen atoms in total. The fourth-order valence-corrected chi connectivity index (χ4v) is 4.62. The number of hydrogen-bond donors (Lipinski definition) is 3. The highest BCUT2D eigenvalue weighted by molar-refractivity contribution is 7.12. The van der Waals surface area contributed by atoms with Crippen LogP contribution in [0.3, 0.4) is 0 Å². The minimum Gasteiger partial charge on any atom is -0.494 e. The summed E-state index contributed by atoms with van der Waals surface area (Å²) in [4.78, 5) is 6.10. The predicted octanol–water partition coefficient (Wildman–Crippen LogP) is 5.77. The topological polar surface area (TPSA) is 102 Å². The van der Waals surface area contributed by atoms with Crippen molar-refractivity contribution in [2.75, 3.05) is 19.8 Å². The zero-order valence-corrected chi connectivity index (χ0v) is 22.5. The molecule has 2 aromatic carbocycles. The molecule has 0 saturated carbocycles. The Bertz CT molecular complexity index is 1100. The summed E-state index contributed by atoms with van der Waals surface area (Å²) in [6, 6.07) is 15.4. The molecule has 3 aromatic rings. The van der Waals surface area contributed by atoms with Gasteiger partial charge >= 0.3 is 0 Å². The Morgan fingerprint density at radius 2 is 1.56 bits per heavy atom. The Kier molecular flexibility index (Phi) is 10.1. The van der Waals surface area contributed by atoms with Crippen LogP contribution in [0.2, 0.25) is 0 Å². The van der Waals surface area contributed by atoms with Crippen molar-refractivity contribution in [2.24, 2.45) is 10.9 Å². The molecule has 1 aromatic heterocycles. The predicted molar refractivity (Wildman–Crippen MR) is 148 cm³/mol. The van der Waals surface area contributed by atoms with Crippen molar-refractivity contribution in [1.82, 2.24) is 10.3 Å². The number of nitrogens with zero attached hydrogens (tertiary/aromatic N) is 2. The van der Waals surface area contributed by atoms with Crippen LogP contribution in [0, 0.1) is 6.92 Å². The van der Waals surface area contributed by atoms with Gasteiger partial charge in [0.25, 0.3) is 0 Å². The van der Waals surface area contributed by atoms with Gasteiger partial charge in [0.1, 0.15) is 11.5 Å². The molecule has 0 bridgehead atoms. The van der Waals surface area contributed by atoms with Crippen LogP contribution in [0.15, 0.2) is 53.7 Å². The van der Waals surface area contributed by atoms with Crippen LogP contribution in [0.1, 0.15) is 55.5 Å². The quantitative estimate of drug-likeness (QED) is 0.0887. The van der Waals surface area contributed by atoms with Crippen molar-refractivity contribution in [3.8, 4) is 22.8 Å². The first-order valence-electron chi connectivity index (χ1n) is 12.4. The number of thiazole rings is 1. The molecule has 0 spiro atoms. The molecule has 0 radical (unpaired) electrons. The maximum atomic E-state index is 8.71. The summed E-state index contributed by atoms with van der Waals surface area (Å²) in [5, 5.41) is 16.4. The number of benzene rings is 2. The Morgan fingerprint density at radius 3 is 2.11 bits per heavy atom. The molecular formula is C28H38N4O3S. The largest absolute Gasteiger partial charge is 0.494 e. The number of oxime groups is 1. The lowest BCUT2D eigenvalue weighted by molar-refractivity contribution is 0.279. The van der Waals surface area contributed by atoms with Crippen LogP contribution < -0.4 is 20.5 Å². The maximum absolute atomic E-state index is 8.71. The van der Waals surface area contributed by atoms with Gasteiger partial charge in [0.2, 0.25) is 0 Å². The van der Waals surface area contributed by atoms with E-state index in [2.05, 4.69) is 50.3 Å². The van der Waals surface area contributed by atoms with Gasteiger partial charge in [-0.05, 0) is 102 Å². The number of aromatic nitrogens is 1. The molecule has 0 aliphatic heterocycles. The number of unbranched alkanes of at least 4 members (excludes halogenated alkanes) is 2. The summed E-state index contributed by atoms with van der Waals surface area (Å²) in [6.45, 7) is 10.9. The fraction of sp³-hybridized carbons (Fsp3) is 0.429. The third-order valence-corrected chi connectivity index (χ3v) is 6.55. The van der Waals surface area contributed by atoms with Gasteiger partial charge in [-0.25, -0.2) is 4.98 Å². The Hall–Kier alpha value is -3.10. The second-order valence-electron chi connectivity index (χ2n) is 9.72. The van der Waals surface area contributed by atoms with Crippen LogP contribution >= 0.6 is 11.3 Å². The second-order valence-corrected chi connectivity index (χ2v) is 11.0. The Morgan fingerprint density at radius 1 is 0.972 bits per heavy atom. The van der Waals surface area contributed by atoms with Gasteiger partial charge in [-0.1, -0.05) is 5.16 Å². The zero-order chi connectivity index (χ0) is 26.0. The third-order valence-electron chi connectivity index (χ3n) is 5.52. The first-order chi connectivity index (χ1) is 17.2. The highest BCUT2D eigenvalue weighted by Gasteiger charge is 2.13. The maximum Gasteiger partial charge on any atom is 0.170 e. The first kappa shape index (κ1) is 27.5. The molecule has 3 rings (SSSR count). The number of ether oxygens (including phenoxy) is 2. The van der Waals surface area contributed by atoms with E-state index in [1.807, 2.05) is 24.3 Å². The molecule has 36 heavy (non-hydrogen) atoms. The molecule has 0 atom stereocenters. The number of nitrogens with two attached hydrogens (primary N) is 1. The zero-order valence-electron chi connectivity index (χ0n) is 21.7. The molecule has 0 unspecified atom stereocenters. The Balaban J connectivity index is 1.37. The average molecular weight is 511 g/mol. The summed E-state index contributed by atoms with van der Waals surface area (Å²) < 4.78 is 11.7. The van der Waals surface area contributed by atoms with E-state index in [0.717, 1.165) is 60.0 Å². The van der Waals surface area contributed by atoms with E-state index in [4.69, 9.17) is 25.4 Å². The number of amidine groups is 1. The van der Waals surface area contributed by atoms with E-state index in [1.54, 1.807) is 23.5 Å². The van der Waals surface area contributed by atoms with E-state index in [1.165, 1.54) is 4.88 Å². The summed E-state index contributed by atoms with van der Waals surface area (Å²) in [6.07, 6.45) is 3.90. The summed E-state index contributed by atoms with van der Waals surface area (Å²) in [5.41, 5.74) is 8.56. The van der Waals surface area contributed by atoms with Crippen LogP contribution in [0.5, 0.6) is 11.5 Å².